The van der Waals surface area contributed by atoms with E-state index in [1.807, 2.05) is 0 Å². The van der Waals surface area contributed by atoms with Gasteiger partial charge in [0, 0.05) is 12.7 Å². The number of anilines is 1. The number of halogens is 1. The van der Waals surface area contributed by atoms with Crippen molar-refractivity contribution in [2.24, 2.45) is 0 Å². The molecule has 122 valence electrons. The van der Waals surface area contributed by atoms with Gasteiger partial charge in [0.15, 0.2) is 10.8 Å². The molecule has 0 saturated carbocycles. The van der Waals surface area contributed by atoms with Crippen LogP contribution in [0.3, 0.4) is 0 Å². The van der Waals surface area contributed by atoms with Gasteiger partial charge in [-0.2, -0.15) is 0 Å². The molecule has 3 aromatic rings. The highest BCUT2D eigenvalue weighted by Gasteiger charge is 2.15. The summed E-state index contributed by atoms with van der Waals surface area (Å²) in [5.41, 5.74) is 0.170. The molecule has 0 saturated heterocycles. The van der Waals surface area contributed by atoms with Gasteiger partial charge in [0.25, 0.3) is 11.8 Å². The summed E-state index contributed by atoms with van der Waals surface area (Å²) in [6.45, 7) is 0. The van der Waals surface area contributed by atoms with Crippen molar-refractivity contribution >= 4 is 28.8 Å². The fraction of sp³-hybridized carbons (Fsp3) is 0.0625. The Morgan fingerprint density at radius 2 is 2.08 bits per heavy atom. The quantitative estimate of drug-likeness (QED) is 0.761. The van der Waals surface area contributed by atoms with Crippen molar-refractivity contribution in [3.63, 3.8) is 0 Å². The van der Waals surface area contributed by atoms with Crippen LogP contribution < -0.4 is 10.6 Å². The van der Waals surface area contributed by atoms with Crippen molar-refractivity contribution in [1.82, 2.24) is 10.3 Å². The van der Waals surface area contributed by atoms with E-state index in [-0.39, 0.29) is 5.56 Å². The minimum Gasteiger partial charge on any atom is -0.462 e. The van der Waals surface area contributed by atoms with Crippen LogP contribution in [-0.4, -0.2) is 23.8 Å². The lowest BCUT2D eigenvalue weighted by atomic mass is 10.1. The van der Waals surface area contributed by atoms with E-state index in [9.17, 15) is 14.0 Å². The second-order valence-electron chi connectivity index (χ2n) is 4.73. The van der Waals surface area contributed by atoms with Crippen LogP contribution in [-0.2, 0) is 0 Å². The Morgan fingerprint density at radius 1 is 1.25 bits per heavy atom. The lowest BCUT2D eigenvalue weighted by Gasteiger charge is -2.07. The fourth-order valence-electron chi connectivity index (χ4n) is 2.00. The van der Waals surface area contributed by atoms with E-state index >= 15 is 0 Å². The van der Waals surface area contributed by atoms with E-state index in [1.54, 1.807) is 12.1 Å². The van der Waals surface area contributed by atoms with Gasteiger partial charge in [-0.25, -0.2) is 9.37 Å². The van der Waals surface area contributed by atoms with Crippen molar-refractivity contribution in [3.8, 4) is 10.8 Å². The zero-order valence-electron chi connectivity index (χ0n) is 12.5. The first-order valence-corrected chi connectivity index (χ1v) is 7.73. The predicted molar refractivity (Wildman–Crippen MR) is 87.6 cm³/mol. The van der Waals surface area contributed by atoms with Gasteiger partial charge in [-0.1, -0.05) is 0 Å². The fourth-order valence-corrected chi connectivity index (χ4v) is 2.78. The lowest BCUT2D eigenvalue weighted by Crippen LogP contribution is -2.20. The van der Waals surface area contributed by atoms with Crippen LogP contribution >= 0.6 is 11.3 Å². The standard InChI is InChI=1S/C16H12FN3O3S/c1-18-14(21)10-7-9(4-5-11(10)17)20-15(22)13-8-19-16(24-13)12-3-2-6-23-12/h2-8H,1H3,(H,18,21)(H,20,22). The van der Waals surface area contributed by atoms with Gasteiger partial charge in [0.05, 0.1) is 18.0 Å². The lowest BCUT2D eigenvalue weighted by molar-refractivity contribution is 0.0957. The Kier molecular flexibility index (Phi) is 4.39. The van der Waals surface area contributed by atoms with Crippen LogP contribution in [0.1, 0.15) is 20.0 Å². The zero-order valence-corrected chi connectivity index (χ0v) is 13.3. The van der Waals surface area contributed by atoms with Crippen LogP contribution in [0.4, 0.5) is 10.1 Å². The molecule has 0 fully saturated rings. The van der Waals surface area contributed by atoms with Crippen LogP contribution in [0.5, 0.6) is 0 Å². The molecule has 0 spiro atoms. The average Bonchev–Trinajstić information content (AvgIpc) is 3.26. The van der Waals surface area contributed by atoms with Crippen LogP contribution in [0.2, 0.25) is 0 Å². The highest BCUT2D eigenvalue weighted by atomic mass is 32.1. The van der Waals surface area contributed by atoms with E-state index in [4.69, 9.17) is 4.42 Å². The Hall–Kier alpha value is -3.00. The third-order valence-electron chi connectivity index (χ3n) is 3.16. The minimum absolute atomic E-state index is 0.143. The third-order valence-corrected chi connectivity index (χ3v) is 4.17. The molecule has 0 bridgehead atoms. The van der Waals surface area contributed by atoms with E-state index in [0.717, 1.165) is 6.07 Å². The second-order valence-corrected chi connectivity index (χ2v) is 5.77. The van der Waals surface area contributed by atoms with Crippen molar-refractivity contribution in [2.45, 2.75) is 0 Å². The maximum Gasteiger partial charge on any atom is 0.267 e. The van der Waals surface area contributed by atoms with Crippen LogP contribution in [0.15, 0.2) is 47.2 Å². The molecule has 8 heteroatoms. The summed E-state index contributed by atoms with van der Waals surface area (Å²) in [4.78, 5) is 28.4. The molecule has 24 heavy (non-hydrogen) atoms. The molecular weight excluding hydrogens is 333 g/mol. The van der Waals surface area contributed by atoms with Gasteiger partial charge in [0.1, 0.15) is 10.7 Å². The van der Waals surface area contributed by atoms with E-state index in [2.05, 4.69) is 15.6 Å². The number of aromatic nitrogens is 1. The minimum atomic E-state index is -0.662. The number of hydrogen-bond donors (Lipinski definition) is 2. The van der Waals surface area contributed by atoms with Gasteiger partial charge in [-0.15, -0.1) is 11.3 Å². The largest absolute Gasteiger partial charge is 0.462 e. The Morgan fingerprint density at radius 3 is 2.79 bits per heavy atom. The van der Waals surface area contributed by atoms with Gasteiger partial charge >= 0.3 is 0 Å². The number of amides is 2. The first-order chi connectivity index (χ1) is 11.6. The number of carbonyl (C=O) groups excluding carboxylic acids is 2. The van der Waals surface area contributed by atoms with Crippen molar-refractivity contribution in [3.05, 3.63) is 59.0 Å². The average molecular weight is 345 g/mol. The molecule has 6 nitrogen and oxygen atoms in total. The molecule has 3 rings (SSSR count). The number of nitrogens with zero attached hydrogens (tertiary/aromatic N) is 1. The number of benzene rings is 1. The smallest absolute Gasteiger partial charge is 0.267 e. The van der Waals surface area contributed by atoms with E-state index in [1.165, 1.54) is 43.0 Å². The van der Waals surface area contributed by atoms with Crippen LogP contribution in [0.25, 0.3) is 10.8 Å². The molecule has 0 unspecified atom stereocenters. The first kappa shape index (κ1) is 15.9. The molecule has 0 aliphatic heterocycles. The summed E-state index contributed by atoms with van der Waals surface area (Å²) in [6, 6.07) is 7.27. The molecule has 0 atom stereocenters. The van der Waals surface area contributed by atoms with Gasteiger partial charge in [0.2, 0.25) is 0 Å². The SMILES string of the molecule is CNC(=O)c1cc(NC(=O)c2cnc(-c3ccco3)s2)ccc1F. The molecule has 2 N–H and O–H groups in total. The molecule has 2 heterocycles. The summed E-state index contributed by atoms with van der Waals surface area (Å²) in [6.07, 6.45) is 2.95. The van der Waals surface area contributed by atoms with Crippen molar-refractivity contribution in [1.29, 1.82) is 0 Å². The van der Waals surface area contributed by atoms with E-state index in [0.29, 0.717) is 21.3 Å². The summed E-state index contributed by atoms with van der Waals surface area (Å²) in [7, 11) is 1.40. The monoisotopic (exact) mass is 345 g/mol. The van der Waals surface area contributed by atoms with Gasteiger partial charge in [-0.05, 0) is 30.3 Å². The molecule has 0 aliphatic rings. The molecule has 1 aromatic carbocycles. The Balaban J connectivity index is 1.79. The molecule has 2 aromatic heterocycles. The number of rotatable bonds is 4. The number of thiazole rings is 1. The third kappa shape index (κ3) is 3.18. The van der Waals surface area contributed by atoms with Crippen molar-refractivity contribution in [2.75, 3.05) is 12.4 Å². The van der Waals surface area contributed by atoms with Gasteiger partial charge in [-0.3, -0.25) is 9.59 Å². The molecule has 2 amide bonds. The van der Waals surface area contributed by atoms with Gasteiger partial charge < -0.3 is 15.1 Å². The summed E-state index contributed by atoms with van der Waals surface area (Å²) >= 11 is 1.17. The number of carbonyl (C=O) groups is 2. The zero-order chi connectivity index (χ0) is 17.1. The molecule has 0 aliphatic carbocycles. The van der Waals surface area contributed by atoms with Crippen molar-refractivity contribution < 1.29 is 18.4 Å². The highest BCUT2D eigenvalue weighted by Crippen LogP contribution is 2.26. The summed E-state index contributed by atoms with van der Waals surface area (Å²) < 4.78 is 18.9. The highest BCUT2D eigenvalue weighted by molar-refractivity contribution is 7.17. The maximum absolute atomic E-state index is 13.6. The molecular formula is C16H12FN3O3S. The summed E-state index contributed by atoms with van der Waals surface area (Å²) in [5.74, 6) is -1.06. The first-order valence-electron chi connectivity index (χ1n) is 6.91. The maximum atomic E-state index is 13.6. The second kappa shape index (κ2) is 6.63. The van der Waals surface area contributed by atoms with Crippen LogP contribution in [0, 0.1) is 5.82 Å². The Labute approximate surface area is 140 Å². The number of hydrogen-bond acceptors (Lipinski definition) is 5. The Bertz CT molecular complexity index is 890. The summed E-state index contributed by atoms with van der Waals surface area (Å²) in [5, 5.41) is 5.54. The topological polar surface area (TPSA) is 84.2 Å². The predicted octanol–water partition coefficient (Wildman–Crippen LogP) is 3.15. The number of nitrogens with one attached hydrogen (secondary N) is 2. The number of furan rings is 1. The van der Waals surface area contributed by atoms with E-state index < -0.39 is 17.6 Å². The normalized spacial score (nSPS) is 10.4. The molecule has 0 radical (unpaired) electrons.